The molecule has 0 radical (unpaired) electrons. The second-order valence-corrected chi connectivity index (χ2v) is 16.0. The lowest BCUT2D eigenvalue weighted by Crippen LogP contribution is -2.30. The van der Waals surface area contributed by atoms with E-state index in [-0.39, 0.29) is 11.5 Å². The Balaban J connectivity index is 1.03. The third-order valence-electron chi connectivity index (χ3n) is 12.4. The van der Waals surface area contributed by atoms with Crippen LogP contribution >= 0.6 is 0 Å². The normalized spacial score (nSPS) is 15.5. The van der Waals surface area contributed by atoms with Crippen LogP contribution in [-0.2, 0) is 5.41 Å². The summed E-state index contributed by atoms with van der Waals surface area (Å²) in [6, 6.07) is 64.0. The minimum absolute atomic E-state index is 0.129. The zero-order valence-electron chi connectivity index (χ0n) is 32.1. The summed E-state index contributed by atoms with van der Waals surface area (Å²) in [5, 5.41) is 4.82. The summed E-state index contributed by atoms with van der Waals surface area (Å²) < 4.78 is 6.67. The van der Waals surface area contributed by atoms with E-state index in [0.717, 1.165) is 23.0 Å². The van der Waals surface area contributed by atoms with E-state index in [1.165, 1.54) is 83.2 Å². The molecule has 0 amide bonds. The fraction of sp³-hybridized carbons (Fsp3) is 0.0909. The number of hydrogen-bond donors (Lipinski definition) is 0. The average Bonchev–Trinajstić information content (AvgIpc) is 3.77. The molecule has 0 N–H and O–H groups in total. The molecule has 1 unspecified atom stereocenters. The molecule has 8 aromatic carbocycles. The van der Waals surface area contributed by atoms with Crippen molar-refractivity contribution in [1.82, 2.24) is 0 Å². The first-order valence-electron chi connectivity index (χ1n) is 20.0. The Labute approximate surface area is 333 Å². The van der Waals surface area contributed by atoms with Crippen LogP contribution in [0.15, 0.2) is 199 Å². The summed E-state index contributed by atoms with van der Waals surface area (Å²) in [7, 11) is 0. The SMILES string of the molecule is CC1(C)c2ccc(N(c3ccc(-c4ccccc4)cc3)C3C=CC(c4ccc(-c5ccccc5)cc4)=CC3)cc2-c2c1c1c3ccccc3oc1c1ccccc21. The van der Waals surface area contributed by atoms with Crippen molar-refractivity contribution in [2.45, 2.75) is 31.7 Å². The van der Waals surface area contributed by atoms with Crippen molar-refractivity contribution in [2.75, 3.05) is 4.90 Å². The van der Waals surface area contributed by atoms with Crippen molar-refractivity contribution >= 4 is 49.7 Å². The summed E-state index contributed by atoms with van der Waals surface area (Å²) in [5.41, 5.74) is 16.8. The Kier molecular flexibility index (Phi) is 7.69. The van der Waals surface area contributed by atoms with Crippen LogP contribution in [0.3, 0.4) is 0 Å². The third-order valence-corrected chi connectivity index (χ3v) is 12.4. The van der Waals surface area contributed by atoms with Crippen LogP contribution in [0.4, 0.5) is 11.4 Å². The largest absolute Gasteiger partial charge is 0.455 e. The molecule has 0 fully saturated rings. The van der Waals surface area contributed by atoms with E-state index in [9.17, 15) is 0 Å². The first kappa shape index (κ1) is 33.4. The zero-order valence-corrected chi connectivity index (χ0v) is 32.1. The molecule has 2 nitrogen and oxygen atoms in total. The molecule has 272 valence electrons. The molecular formula is C55H41NO. The molecule has 0 saturated heterocycles. The molecule has 1 atom stereocenters. The van der Waals surface area contributed by atoms with Gasteiger partial charge in [0.25, 0.3) is 0 Å². The Hall–Kier alpha value is -6.90. The highest BCUT2D eigenvalue weighted by Crippen LogP contribution is 2.57. The van der Waals surface area contributed by atoms with Crippen LogP contribution in [0.5, 0.6) is 0 Å². The minimum Gasteiger partial charge on any atom is -0.455 e. The summed E-state index contributed by atoms with van der Waals surface area (Å²) >= 11 is 0. The van der Waals surface area contributed by atoms with E-state index in [4.69, 9.17) is 4.42 Å². The number of allylic oxidation sites excluding steroid dienone is 2. The monoisotopic (exact) mass is 731 g/mol. The molecule has 1 heterocycles. The first-order chi connectivity index (χ1) is 28.0. The van der Waals surface area contributed by atoms with Crippen molar-refractivity contribution in [1.29, 1.82) is 0 Å². The van der Waals surface area contributed by atoms with Crippen molar-refractivity contribution in [3.05, 3.63) is 211 Å². The Morgan fingerprint density at radius 1 is 0.544 bits per heavy atom. The number of benzene rings is 8. The molecule has 2 heteroatoms. The third kappa shape index (κ3) is 5.39. The second kappa shape index (κ2) is 13.1. The number of nitrogens with zero attached hydrogens (tertiary/aromatic N) is 1. The van der Waals surface area contributed by atoms with Gasteiger partial charge in [0.2, 0.25) is 0 Å². The molecule has 0 aliphatic heterocycles. The van der Waals surface area contributed by atoms with Gasteiger partial charge in [-0.3, -0.25) is 0 Å². The number of fused-ring (bicyclic) bond motifs is 10. The Morgan fingerprint density at radius 3 is 1.77 bits per heavy atom. The summed E-state index contributed by atoms with van der Waals surface area (Å²) in [5.74, 6) is 0. The maximum absolute atomic E-state index is 6.67. The van der Waals surface area contributed by atoms with Crippen molar-refractivity contribution in [2.24, 2.45) is 0 Å². The molecule has 0 saturated carbocycles. The molecule has 57 heavy (non-hydrogen) atoms. The van der Waals surface area contributed by atoms with E-state index in [2.05, 4.69) is 213 Å². The van der Waals surface area contributed by atoms with E-state index in [1.54, 1.807) is 0 Å². The lowest BCUT2D eigenvalue weighted by atomic mass is 9.79. The summed E-state index contributed by atoms with van der Waals surface area (Å²) in [6.45, 7) is 4.77. The highest BCUT2D eigenvalue weighted by Gasteiger charge is 2.40. The van der Waals surface area contributed by atoms with Crippen LogP contribution in [0.2, 0.25) is 0 Å². The Morgan fingerprint density at radius 2 is 1.11 bits per heavy atom. The van der Waals surface area contributed by atoms with Gasteiger partial charge in [-0.2, -0.15) is 0 Å². The highest BCUT2D eigenvalue weighted by atomic mass is 16.3. The fourth-order valence-corrected chi connectivity index (χ4v) is 9.59. The van der Waals surface area contributed by atoms with Gasteiger partial charge in [-0.25, -0.2) is 0 Å². The number of rotatable bonds is 6. The lowest BCUT2D eigenvalue weighted by Gasteiger charge is -2.34. The summed E-state index contributed by atoms with van der Waals surface area (Å²) in [4.78, 5) is 2.54. The van der Waals surface area contributed by atoms with Crippen LogP contribution in [-0.4, -0.2) is 6.04 Å². The maximum Gasteiger partial charge on any atom is 0.143 e. The van der Waals surface area contributed by atoms with Gasteiger partial charge in [0, 0.05) is 32.9 Å². The van der Waals surface area contributed by atoms with Crippen LogP contribution in [0, 0.1) is 0 Å². The number of para-hydroxylation sites is 1. The van der Waals surface area contributed by atoms with Crippen LogP contribution < -0.4 is 4.90 Å². The average molecular weight is 732 g/mol. The van der Waals surface area contributed by atoms with Gasteiger partial charge in [-0.1, -0.05) is 178 Å². The van der Waals surface area contributed by atoms with E-state index < -0.39 is 0 Å². The molecule has 1 aromatic heterocycles. The van der Waals surface area contributed by atoms with E-state index in [0.29, 0.717) is 0 Å². The van der Waals surface area contributed by atoms with Crippen molar-refractivity contribution < 1.29 is 4.42 Å². The first-order valence-corrected chi connectivity index (χ1v) is 20.0. The van der Waals surface area contributed by atoms with Gasteiger partial charge in [-0.05, 0) is 97.8 Å². The molecular weight excluding hydrogens is 691 g/mol. The molecule has 2 aliphatic carbocycles. The molecule has 0 bridgehead atoms. The topological polar surface area (TPSA) is 16.4 Å². The maximum atomic E-state index is 6.67. The van der Waals surface area contributed by atoms with Gasteiger partial charge in [0.05, 0.1) is 6.04 Å². The standard InChI is InChI=1S/C55H41NO/c1-55(2)49-34-33-44(35-48(49)51-45-17-9-10-18-46(45)54-52(53(51)55)47-19-11-12-20-50(47)57-54)56(42-29-25-40(26-30-42)37-15-7-4-8-16-37)43-31-27-41(28-32-43)39-23-21-38(22-24-39)36-13-5-3-6-14-36/h3-31,33-35,43H,32H2,1-2H3. The molecule has 11 rings (SSSR count). The molecule has 0 spiro atoms. The fourth-order valence-electron chi connectivity index (χ4n) is 9.59. The summed E-state index contributed by atoms with van der Waals surface area (Å²) in [6.07, 6.45) is 8.01. The predicted molar refractivity (Wildman–Crippen MR) is 240 cm³/mol. The quantitative estimate of drug-likeness (QED) is 0.169. The van der Waals surface area contributed by atoms with Gasteiger partial charge in [0.1, 0.15) is 11.2 Å². The number of hydrogen-bond acceptors (Lipinski definition) is 2. The minimum atomic E-state index is -0.223. The van der Waals surface area contributed by atoms with E-state index >= 15 is 0 Å². The van der Waals surface area contributed by atoms with Gasteiger partial charge in [0.15, 0.2) is 0 Å². The molecule has 2 aliphatic rings. The van der Waals surface area contributed by atoms with Gasteiger partial charge < -0.3 is 9.32 Å². The second-order valence-electron chi connectivity index (χ2n) is 16.0. The predicted octanol–water partition coefficient (Wildman–Crippen LogP) is 14.9. The van der Waals surface area contributed by atoms with Crippen LogP contribution in [0.25, 0.3) is 71.7 Å². The van der Waals surface area contributed by atoms with Crippen LogP contribution in [0.1, 0.15) is 37.0 Å². The van der Waals surface area contributed by atoms with Gasteiger partial charge >= 0.3 is 0 Å². The van der Waals surface area contributed by atoms with E-state index in [1.807, 2.05) is 0 Å². The van der Waals surface area contributed by atoms with Crippen molar-refractivity contribution in [3.8, 4) is 33.4 Å². The number of furan rings is 1. The smallest absolute Gasteiger partial charge is 0.143 e. The zero-order chi connectivity index (χ0) is 38.1. The van der Waals surface area contributed by atoms with Crippen molar-refractivity contribution in [3.63, 3.8) is 0 Å². The number of anilines is 2. The lowest BCUT2D eigenvalue weighted by molar-refractivity contribution is 0.659. The highest BCUT2D eigenvalue weighted by molar-refractivity contribution is 6.23. The Bertz CT molecular complexity index is 3040. The molecule has 9 aromatic rings. The van der Waals surface area contributed by atoms with Gasteiger partial charge in [-0.15, -0.1) is 0 Å².